The van der Waals surface area contributed by atoms with Crippen molar-refractivity contribution in [2.75, 3.05) is 13.6 Å². The molecule has 1 aromatic carbocycles. The van der Waals surface area contributed by atoms with Crippen LogP contribution in [0.3, 0.4) is 0 Å². The molecule has 0 aliphatic rings. The second-order valence-corrected chi connectivity index (χ2v) is 3.02. The summed E-state index contributed by atoms with van der Waals surface area (Å²) in [7, 11) is 1.55. The lowest BCUT2D eigenvalue weighted by Crippen LogP contribution is -2.33. The predicted molar refractivity (Wildman–Crippen MR) is 71.0 cm³/mol. The van der Waals surface area contributed by atoms with Crippen LogP contribution in [-0.2, 0) is 6.42 Å². The fourth-order valence-electron chi connectivity index (χ4n) is 1.14. The largest absolute Gasteiger partial charge is 0.370 e. The monoisotopic (exact) mass is 341 g/mol. The van der Waals surface area contributed by atoms with Crippen LogP contribution in [0.25, 0.3) is 0 Å². The van der Waals surface area contributed by atoms with Crippen LogP contribution in [0.2, 0.25) is 0 Å². The molecule has 0 bridgehead atoms. The lowest BCUT2D eigenvalue weighted by molar-refractivity contribution is 0.583. The van der Waals surface area contributed by atoms with Gasteiger partial charge in [-0.15, -0.1) is 24.0 Å². The van der Waals surface area contributed by atoms with Gasteiger partial charge in [0.25, 0.3) is 0 Å². The Labute approximate surface area is 110 Å². The van der Waals surface area contributed by atoms with E-state index in [1.165, 1.54) is 6.07 Å². The highest BCUT2D eigenvalue weighted by Gasteiger charge is 2.03. The Balaban J connectivity index is 0.00000225. The number of benzene rings is 1. The number of rotatable bonds is 3. The summed E-state index contributed by atoms with van der Waals surface area (Å²) in [5, 5.41) is 2.77. The van der Waals surface area contributed by atoms with Crippen LogP contribution in [0.1, 0.15) is 5.56 Å². The summed E-state index contributed by atoms with van der Waals surface area (Å²) in [6.45, 7) is 0.420. The zero-order chi connectivity index (χ0) is 11.3. The molecule has 0 aromatic heterocycles. The molecule has 0 saturated carbocycles. The van der Waals surface area contributed by atoms with Crippen LogP contribution in [0.5, 0.6) is 0 Å². The molecule has 0 radical (unpaired) electrons. The van der Waals surface area contributed by atoms with E-state index < -0.39 is 11.6 Å². The van der Waals surface area contributed by atoms with Crippen molar-refractivity contribution in [2.45, 2.75) is 6.42 Å². The third-order valence-electron chi connectivity index (χ3n) is 1.95. The Bertz CT molecular complexity index is 369. The Kier molecular flexibility index (Phi) is 6.95. The molecule has 0 aliphatic heterocycles. The van der Waals surface area contributed by atoms with E-state index in [0.29, 0.717) is 18.5 Å². The van der Waals surface area contributed by atoms with E-state index in [4.69, 9.17) is 5.73 Å². The molecule has 0 atom stereocenters. The van der Waals surface area contributed by atoms with Gasteiger partial charge >= 0.3 is 0 Å². The third kappa shape index (κ3) is 4.73. The first kappa shape index (κ1) is 15.1. The first-order valence-corrected chi connectivity index (χ1v) is 4.53. The van der Waals surface area contributed by atoms with Gasteiger partial charge in [0.1, 0.15) is 11.6 Å². The lowest BCUT2D eigenvalue weighted by atomic mass is 10.1. The minimum atomic E-state index is -0.441. The molecule has 1 aromatic rings. The second kappa shape index (κ2) is 7.37. The molecule has 3 N–H and O–H groups in total. The summed E-state index contributed by atoms with van der Waals surface area (Å²) in [5.41, 5.74) is 5.70. The van der Waals surface area contributed by atoms with Crippen LogP contribution in [0, 0.1) is 11.6 Å². The molecule has 1 rings (SSSR count). The maximum absolute atomic E-state index is 13.1. The zero-order valence-corrected chi connectivity index (χ0v) is 11.2. The lowest BCUT2D eigenvalue weighted by Gasteiger charge is -2.05. The maximum atomic E-state index is 13.1. The van der Waals surface area contributed by atoms with Gasteiger partial charge in [-0.3, -0.25) is 4.99 Å². The smallest absolute Gasteiger partial charge is 0.188 e. The molecule has 0 spiro atoms. The minimum Gasteiger partial charge on any atom is -0.370 e. The summed E-state index contributed by atoms with van der Waals surface area (Å²) in [6, 6.07) is 3.38. The van der Waals surface area contributed by atoms with Crippen molar-refractivity contribution in [2.24, 2.45) is 10.7 Å². The van der Waals surface area contributed by atoms with Gasteiger partial charge in [-0.2, -0.15) is 0 Å². The summed E-state index contributed by atoms with van der Waals surface area (Å²) in [6.07, 6.45) is 0.361. The van der Waals surface area contributed by atoms with E-state index in [-0.39, 0.29) is 29.9 Å². The van der Waals surface area contributed by atoms with E-state index in [1.54, 1.807) is 7.05 Å². The van der Waals surface area contributed by atoms with Gasteiger partial charge in [0.15, 0.2) is 5.96 Å². The topological polar surface area (TPSA) is 50.4 Å². The fourth-order valence-corrected chi connectivity index (χ4v) is 1.14. The van der Waals surface area contributed by atoms with Crippen molar-refractivity contribution in [3.8, 4) is 0 Å². The van der Waals surface area contributed by atoms with E-state index in [9.17, 15) is 8.78 Å². The molecule has 0 fully saturated rings. The van der Waals surface area contributed by atoms with Crippen molar-refractivity contribution >= 4 is 29.9 Å². The van der Waals surface area contributed by atoms with Crippen molar-refractivity contribution in [3.63, 3.8) is 0 Å². The Morgan fingerprint density at radius 2 is 2.12 bits per heavy atom. The van der Waals surface area contributed by atoms with Crippen molar-refractivity contribution in [1.82, 2.24) is 5.32 Å². The van der Waals surface area contributed by atoms with Crippen LogP contribution in [-0.4, -0.2) is 19.6 Å². The van der Waals surface area contributed by atoms with E-state index in [1.807, 2.05) is 0 Å². The van der Waals surface area contributed by atoms with Gasteiger partial charge < -0.3 is 11.1 Å². The molecule has 3 nitrogen and oxygen atoms in total. The standard InChI is InChI=1S/C10H13F2N3.HI/c1-14-10(13)15-5-4-7-6-8(11)2-3-9(7)12;/h2-3,6H,4-5H2,1H3,(H3,13,14,15);1H. The normalized spacial score (nSPS) is 10.8. The summed E-state index contributed by atoms with van der Waals surface area (Å²) in [5.74, 6) is -0.569. The highest BCUT2D eigenvalue weighted by molar-refractivity contribution is 14.0. The number of nitrogens with one attached hydrogen (secondary N) is 1. The van der Waals surface area contributed by atoms with Crippen LogP contribution >= 0.6 is 24.0 Å². The average molecular weight is 341 g/mol. The average Bonchev–Trinajstić information content (AvgIpc) is 2.23. The number of halogens is 3. The van der Waals surface area contributed by atoms with Gasteiger partial charge in [-0.25, -0.2) is 8.78 Å². The molecule has 6 heteroatoms. The Hall–Kier alpha value is -0.920. The van der Waals surface area contributed by atoms with Gasteiger partial charge in [-0.1, -0.05) is 0 Å². The third-order valence-corrected chi connectivity index (χ3v) is 1.95. The molecule has 0 saturated heterocycles. The molecular formula is C10H14F2IN3. The first-order valence-electron chi connectivity index (χ1n) is 4.53. The quantitative estimate of drug-likeness (QED) is 0.499. The SMILES string of the molecule is CN=C(N)NCCc1cc(F)ccc1F.I. The minimum absolute atomic E-state index is 0. The van der Waals surface area contributed by atoms with Crippen LogP contribution < -0.4 is 11.1 Å². The number of nitrogens with zero attached hydrogens (tertiary/aromatic N) is 1. The van der Waals surface area contributed by atoms with E-state index in [0.717, 1.165) is 12.1 Å². The summed E-state index contributed by atoms with van der Waals surface area (Å²) >= 11 is 0. The molecule has 0 heterocycles. The van der Waals surface area contributed by atoms with E-state index >= 15 is 0 Å². The molecule has 0 aliphatic carbocycles. The predicted octanol–water partition coefficient (Wildman–Crippen LogP) is 1.66. The molecule has 90 valence electrons. The number of hydrogen-bond acceptors (Lipinski definition) is 1. The number of guanidine groups is 1. The highest BCUT2D eigenvalue weighted by Crippen LogP contribution is 2.09. The van der Waals surface area contributed by atoms with Gasteiger partial charge in [0.05, 0.1) is 0 Å². The zero-order valence-electron chi connectivity index (χ0n) is 8.84. The molecule has 0 amide bonds. The van der Waals surface area contributed by atoms with Gasteiger partial charge in [-0.05, 0) is 30.2 Å². The van der Waals surface area contributed by atoms with Crippen LogP contribution in [0.15, 0.2) is 23.2 Å². The summed E-state index contributed by atoms with van der Waals surface area (Å²) < 4.78 is 25.9. The molecule has 16 heavy (non-hydrogen) atoms. The van der Waals surface area contributed by atoms with Crippen molar-refractivity contribution in [1.29, 1.82) is 0 Å². The second-order valence-electron chi connectivity index (χ2n) is 3.02. The van der Waals surface area contributed by atoms with Gasteiger partial charge in [0, 0.05) is 13.6 Å². The Morgan fingerprint density at radius 1 is 1.44 bits per heavy atom. The maximum Gasteiger partial charge on any atom is 0.188 e. The Morgan fingerprint density at radius 3 is 2.75 bits per heavy atom. The summed E-state index contributed by atoms with van der Waals surface area (Å²) in [4.78, 5) is 3.68. The van der Waals surface area contributed by atoms with Crippen molar-refractivity contribution in [3.05, 3.63) is 35.4 Å². The fraction of sp³-hybridized carbons (Fsp3) is 0.300. The molecular weight excluding hydrogens is 327 g/mol. The van der Waals surface area contributed by atoms with Gasteiger partial charge in [0.2, 0.25) is 0 Å². The number of nitrogens with two attached hydrogens (primary N) is 1. The number of hydrogen-bond donors (Lipinski definition) is 2. The van der Waals surface area contributed by atoms with E-state index in [2.05, 4.69) is 10.3 Å². The highest BCUT2D eigenvalue weighted by atomic mass is 127. The van der Waals surface area contributed by atoms with Crippen molar-refractivity contribution < 1.29 is 8.78 Å². The number of aliphatic imine (C=N–C) groups is 1. The first-order chi connectivity index (χ1) is 7.13. The van der Waals surface area contributed by atoms with Crippen LogP contribution in [0.4, 0.5) is 8.78 Å². The molecule has 0 unspecified atom stereocenters.